The van der Waals surface area contributed by atoms with E-state index in [4.69, 9.17) is 18.9 Å². The van der Waals surface area contributed by atoms with E-state index in [1.807, 2.05) is 0 Å². The zero-order valence-corrected chi connectivity index (χ0v) is 31.5. The van der Waals surface area contributed by atoms with Crippen LogP contribution in [0.1, 0.15) is 90.9 Å². The van der Waals surface area contributed by atoms with Gasteiger partial charge < -0.3 is 72.1 Å². The molecule has 2 N–H and O–H groups in total. The molecular weight excluding hydrogens is 668 g/mol. The molecule has 0 aliphatic carbocycles. The van der Waals surface area contributed by atoms with Gasteiger partial charge in [-0.1, -0.05) is 65.2 Å². The summed E-state index contributed by atoms with van der Waals surface area (Å²) in [4.78, 5) is 0. The van der Waals surface area contributed by atoms with Crippen LogP contribution in [0.5, 0.6) is 0 Å². The summed E-state index contributed by atoms with van der Waals surface area (Å²) in [6, 6.07) is 0. The smallest absolute Gasteiger partial charge is 0.126 e. The van der Waals surface area contributed by atoms with Crippen LogP contribution >= 0.6 is 0 Å². The Morgan fingerprint density at radius 2 is 0.738 bits per heavy atom. The number of hydrogen-bond acceptors (Lipinski definition) is 6. The Morgan fingerprint density at radius 3 is 1.07 bits per heavy atom. The first kappa shape index (κ1) is 47.1. The van der Waals surface area contributed by atoms with Crippen LogP contribution in [0.3, 0.4) is 0 Å². The molecule has 2 atom stereocenters. The summed E-state index contributed by atoms with van der Waals surface area (Å²) < 4.78 is 23.9. The van der Waals surface area contributed by atoms with Gasteiger partial charge in [0.05, 0.1) is 94.1 Å². The molecule has 2 unspecified atom stereocenters. The summed E-state index contributed by atoms with van der Waals surface area (Å²) in [5, 5.41) is 20.7. The number of nitrogens with zero attached hydrogens (tertiary/aromatic N) is 2. The van der Waals surface area contributed by atoms with Crippen molar-refractivity contribution in [1.29, 1.82) is 0 Å². The van der Waals surface area contributed by atoms with E-state index in [9.17, 15) is 10.2 Å². The molecule has 42 heavy (non-hydrogen) atoms. The fraction of sp³-hybridized carbons (Fsp3) is 1.00. The summed E-state index contributed by atoms with van der Waals surface area (Å²) >= 11 is 0. The van der Waals surface area contributed by atoms with Crippen molar-refractivity contribution in [2.75, 3.05) is 107 Å². The van der Waals surface area contributed by atoms with Gasteiger partial charge in [-0.25, -0.2) is 0 Å². The first-order valence-electron chi connectivity index (χ1n) is 16.4. The maximum absolute atomic E-state index is 10.3. The minimum Gasteiger partial charge on any atom is -1.00 e. The molecule has 0 aliphatic heterocycles. The lowest BCUT2D eigenvalue weighted by Gasteiger charge is -2.32. The van der Waals surface area contributed by atoms with Crippen LogP contribution in [-0.2, 0) is 18.9 Å². The molecule has 0 fully saturated rings. The van der Waals surface area contributed by atoms with E-state index in [1.54, 1.807) is 0 Å². The monoisotopic (exact) mass is 736 g/mol. The third-order valence-electron chi connectivity index (χ3n) is 7.38. The standard InChI is InChI=1S/C32H70N2O6.2BrH/c1-7-9-11-13-15-17-19-33(3,4)27-31(35)29-39-25-23-37-21-22-38-24-26-40-30-32(36)28-34(5,6)20-18-16-14-12-10-8-2;;/h31-32,35-36H,7-30H2,1-6H3;2*1H/q+2;;/p-2. The molecule has 0 saturated carbocycles. The highest BCUT2D eigenvalue weighted by Crippen LogP contribution is 2.10. The number of halogens is 2. The Kier molecular flexibility index (Phi) is 35.4. The molecule has 0 amide bonds. The quantitative estimate of drug-likeness (QED) is 0.0679. The van der Waals surface area contributed by atoms with Gasteiger partial charge in [0.25, 0.3) is 0 Å². The Morgan fingerprint density at radius 1 is 0.452 bits per heavy atom. The number of likely N-dealkylation sites (N-methyl/N-ethyl adjacent to an activating group) is 2. The van der Waals surface area contributed by atoms with Crippen molar-refractivity contribution in [3.05, 3.63) is 0 Å². The Bertz CT molecular complexity index is 501. The topological polar surface area (TPSA) is 77.4 Å². The van der Waals surface area contributed by atoms with Crippen LogP contribution in [0, 0.1) is 0 Å². The van der Waals surface area contributed by atoms with Crippen LogP contribution in [-0.4, -0.2) is 139 Å². The Labute approximate surface area is 281 Å². The van der Waals surface area contributed by atoms with Crippen molar-refractivity contribution in [3.63, 3.8) is 0 Å². The molecule has 0 saturated heterocycles. The maximum Gasteiger partial charge on any atom is 0.126 e. The van der Waals surface area contributed by atoms with Crippen molar-refractivity contribution < 1.29 is 72.1 Å². The van der Waals surface area contributed by atoms with Crippen LogP contribution < -0.4 is 34.0 Å². The van der Waals surface area contributed by atoms with Crippen LogP contribution in [0.15, 0.2) is 0 Å². The number of aliphatic hydroxyl groups is 2. The highest BCUT2D eigenvalue weighted by Gasteiger charge is 2.21. The predicted octanol–water partition coefficient (Wildman–Crippen LogP) is -1.34. The second kappa shape index (κ2) is 31.6. The highest BCUT2D eigenvalue weighted by atomic mass is 79.9. The van der Waals surface area contributed by atoms with E-state index in [0.29, 0.717) is 65.9 Å². The zero-order chi connectivity index (χ0) is 30.0. The molecule has 258 valence electrons. The summed E-state index contributed by atoms with van der Waals surface area (Å²) in [7, 11) is 8.74. The van der Waals surface area contributed by atoms with Crippen LogP contribution in [0.2, 0.25) is 0 Å². The zero-order valence-electron chi connectivity index (χ0n) is 28.3. The predicted molar refractivity (Wildman–Crippen MR) is 166 cm³/mol. The van der Waals surface area contributed by atoms with Crippen LogP contribution in [0.4, 0.5) is 0 Å². The van der Waals surface area contributed by atoms with Gasteiger partial charge in [-0.2, -0.15) is 0 Å². The van der Waals surface area contributed by atoms with Gasteiger partial charge in [0, 0.05) is 0 Å². The first-order chi connectivity index (χ1) is 19.1. The average Bonchev–Trinajstić information content (AvgIpc) is 2.88. The summed E-state index contributed by atoms with van der Waals surface area (Å²) in [5.41, 5.74) is 0. The summed E-state index contributed by atoms with van der Waals surface area (Å²) in [5.74, 6) is 0. The molecule has 0 bridgehead atoms. The van der Waals surface area contributed by atoms with E-state index in [1.165, 1.54) is 77.0 Å². The van der Waals surface area contributed by atoms with E-state index in [2.05, 4.69) is 42.0 Å². The van der Waals surface area contributed by atoms with Crippen molar-refractivity contribution in [2.24, 2.45) is 0 Å². The number of rotatable bonds is 31. The fourth-order valence-corrected chi connectivity index (χ4v) is 5.07. The SMILES string of the molecule is CCCCCCCC[N+](C)(C)CC(O)COCCOCCOCCOCC(O)C[N+](C)(C)CCCCCCCC.[Br-].[Br-]. The minimum absolute atomic E-state index is 0. The third-order valence-corrected chi connectivity index (χ3v) is 7.38. The van der Waals surface area contributed by atoms with Gasteiger partial charge in [-0.05, 0) is 25.7 Å². The van der Waals surface area contributed by atoms with Gasteiger partial charge in [-0.15, -0.1) is 0 Å². The molecule has 0 spiro atoms. The minimum atomic E-state index is -0.456. The van der Waals surface area contributed by atoms with Crippen molar-refractivity contribution in [3.8, 4) is 0 Å². The van der Waals surface area contributed by atoms with Crippen LogP contribution in [0.25, 0.3) is 0 Å². The van der Waals surface area contributed by atoms with Gasteiger partial charge in [0.2, 0.25) is 0 Å². The summed E-state index contributed by atoms with van der Waals surface area (Å²) in [6.45, 7) is 11.7. The van der Waals surface area contributed by atoms with E-state index in [0.717, 1.165) is 22.1 Å². The first-order valence-corrected chi connectivity index (χ1v) is 16.4. The normalized spacial score (nSPS) is 13.4. The number of ether oxygens (including phenoxy) is 4. The third kappa shape index (κ3) is 33.5. The fourth-order valence-electron chi connectivity index (χ4n) is 5.07. The van der Waals surface area contributed by atoms with Crippen molar-refractivity contribution in [2.45, 2.75) is 103 Å². The molecule has 0 aromatic carbocycles. The van der Waals surface area contributed by atoms with Crippen molar-refractivity contribution >= 4 is 0 Å². The van der Waals surface area contributed by atoms with Gasteiger partial charge in [0.1, 0.15) is 25.3 Å². The molecule has 0 aromatic heterocycles. The van der Waals surface area contributed by atoms with E-state index in [-0.39, 0.29) is 34.0 Å². The van der Waals surface area contributed by atoms with Gasteiger partial charge >= 0.3 is 0 Å². The van der Waals surface area contributed by atoms with Crippen molar-refractivity contribution in [1.82, 2.24) is 0 Å². The Hall–Kier alpha value is 0.640. The second-order valence-corrected chi connectivity index (χ2v) is 12.9. The molecular formula is C32H70Br2N2O6. The molecule has 0 rings (SSSR count). The number of hydrogen-bond donors (Lipinski definition) is 2. The molecule has 0 aliphatic rings. The summed E-state index contributed by atoms with van der Waals surface area (Å²) in [6.07, 6.45) is 14.6. The largest absolute Gasteiger partial charge is 1.00 e. The van der Waals surface area contributed by atoms with Gasteiger partial charge in [0.15, 0.2) is 0 Å². The highest BCUT2D eigenvalue weighted by molar-refractivity contribution is 4.54. The Balaban J connectivity index is -0.00000760. The molecule has 0 aromatic rings. The number of aliphatic hydroxyl groups excluding tert-OH is 2. The lowest BCUT2D eigenvalue weighted by atomic mass is 10.1. The molecule has 0 heterocycles. The maximum atomic E-state index is 10.3. The van der Waals surface area contributed by atoms with E-state index >= 15 is 0 Å². The molecule has 10 heteroatoms. The molecule has 8 nitrogen and oxygen atoms in total. The second-order valence-electron chi connectivity index (χ2n) is 12.9. The molecule has 0 radical (unpaired) electrons. The average molecular weight is 739 g/mol. The van der Waals surface area contributed by atoms with Gasteiger partial charge in [-0.3, -0.25) is 0 Å². The lowest BCUT2D eigenvalue weighted by molar-refractivity contribution is -0.893. The number of unbranched alkanes of at least 4 members (excludes halogenated alkanes) is 10. The van der Waals surface area contributed by atoms with E-state index < -0.39 is 12.2 Å². The lowest BCUT2D eigenvalue weighted by Crippen LogP contribution is -3.00. The number of quaternary nitrogens is 2.